The smallest absolute Gasteiger partial charge is 0.177 e. The summed E-state index contributed by atoms with van der Waals surface area (Å²) >= 11 is 0. The van der Waals surface area contributed by atoms with Gasteiger partial charge in [0, 0.05) is 16.8 Å². The van der Waals surface area contributed by atoms with Crippen molar-refractivity contribution in [3.8, 4) is 0 Å². The van der Waals surface area contributed by atoms with Gasteiger partial charge in [-0.1, -0.05) is 0 Å². The fourth-order valence-corrected chi connectivity index (χ4v) is 1.72. The summed E-state index contributed by atoms with van der Waals surface area (Å²) < 4.78 is 0. The Balaban J connectivity index is 2.71. The Morgan fingerprint density at radius 1 is 1.07 bits per heavy atom. The zero-order valence-electron chi connectivity index (χ0n) is 8.13. The molecular weight excluding hydrogens is 178 g/mol. The lowest BCUT2D eigenvalue weighted by molar-refractivity contribution is 0.0746. The second kappa shape index (κ2) is 2.44. The van der Waals surface area contributed by atoms with E-state index in [-0.39, 0.29) is 11.6 Å². The number of Topliss-reactive ketones (excluding diaryl/α,β-unsaturated/α-hetero) is 2. The lowest BCUT2D eigenvalue weighted by Gasteiger charge is -2.11. The molecule has 0 heterocycles. The number of carbonyl (C=O) groups excluding carboxylic acids is 2. The standard InChI is InChI=1S/C11H11NO2/c1-11(2)9(13)7-4-3-6(12)5-8(7)10(11)14/h3-5H,12H2,1-2H3. The van der Waals surface area contributed by atoms with Crippen molar-refractivity contribution in [1.82, 2.24) is 0 Å². The number of nitrogen functional groups attached to an aromatic ring is 1. The highest BCUT2D eigenvalue weighted by Gasteiger charge is 2.45. The van der Waals surface area contributed by atoms with E-state index in [1.54, 1.807) is 32.0 Å². The maximum Gasteiger partial charge on any atom is 0.177 e. The van der Waals surface area contributed by atoms with Crippen molar-refractivity contribution in [2.75, 3.05) is 5.73 Å². The maximum atomic E-state index is 11.8. The second-order valence-electron chi connectivity index (χ2n) is 4.09. The summed E-state index contributed by atoms with van der Waals surface area (Å²) in [5, 5.41) is 0. The number of benzene rings is 1. The van der Waals surface area contributed by atoms with Gasteiger partial charge in [-0.25, -0.2) is 0 Å². The van der Waals surface area contributed by atoms with Crippen molar-refractivity contribution in [2.24, 2.45) is 5.41 Å². The fraction of sp³-hybridized carbons (Fsp3) is 0.273. The van der Waals surface area contributed by atoms with Crippen LogP contribution in [0.15, 0.2) is 18.2 Å². The van der Waals surface area contributed by atoms with E-state index in [2.05, 4.69) is 0 Å². The first-order chi connectivity index (χ1) is 6.44. The van der Waals surface area contributed by atoms with Crippen LogP contribution >= 0.6 is 0 Å². The molecule has 1 aromatic rings. The van der Waals surface area contributed by atoms with Gasteiger partial charge in [-0.2, -0.15) is 0 Å². The van der Waals surface area contributed by atoms with Crippen LogP contribution in [-0.4, -0.2) is 11.6 Å². The molecule has 3 heteroatoms. The molecule has 0 unspecified atom stereocenters. The molecule has 1 aromatic carbocycles. The maximum absolute atomic E-state index is 11.8. The summed E-state index contributed by atoms with van der Waals surface area (Å²) in [7, 11) is 0. The topological polar surface area (TPSA) is 60.2 Å². The molecular formula is C11H11NO2. The Morgan fingerprint density at radius 3 is 2.29 bits per heavy atom. The van der Waals surface area contributed by atoms with Gasteiger partial charge in [-0.3, -0.25) is 9.59 Å². The molecule has 0 spiro atoms. The molecule has 0 saturated carbocycles. The van der Waals surface area contributed by atoms with E-state index in [9.17, 15) is 9.59 Å². The molecule has 2 rings (SSSR count). The first-order valence-electron chi connectivity index (χ1n) is 4.43. The van der Waals surface area contributed by atoms with E-state index in [0.29, 0.717) is 16.8 Å². The van der Waals surface area contributed by atoms with Gasteiger partial charge in [0.1, 0.15) is 0 Å². The van der Waals surface area contributed by atoms with Crippen molar-refractivity contribution in [3.05, 3.63) is 29.3 Å². The number of hydrogen-bond donors (Lipinski definition) is 1. The highest BCUT2D eigenvalue weighted by atomic mass is 16.2. The molecule has 2 N–H and O–H groups in total. The van der Waals surface area contributed by atoms with Crippen LogP contribution in [0.2, 0.25) is 0 Å². The van der Waals surface area contributed by atoms with E-state index in [4.69, 9.17) is 5.73 Å². The minimum absolute atomic E-state index is 0.113. The summed E-state index contributed by atoms with van der Waals surface area (Å²) in [4.78, 5) is 23.6. The Kier molecular flexibility index (Phi) is 1.56. The number of fused-ring (bicyclic) bond motifs is 1. The molecule has 3 nitrogen and oxygen atoms in total. The van der Waals surface area contributed by atoms with Crippen LogP contribution in [0.4, 0.5) is 5.69 Å². The first kappa shape index (κ1) is 8.94. The Hall–Kier alpha value is -1.64. The number of ketones is 2. The van der Waals surface area contributed by atoms with Crippen LogP contribution in [0.25, 0.3) is 0 Å². The number of carbonyl (C=O) groups is 2. The number of anilines is 1. The van der Waals surface area contributed by atoms with Gasteiger partial charge in [0.2, 0.25) is 0 Å². The molecule has 0 bridgehead atoms. The number of hydrogen-bond acceptors (Lipinski definition) is 3. The van der Waals surface area contributed by atoms with Crippen molar-refractivity contribution in [2.45, 2.75) is 13.8 Å². The monoisotopic (exact) mass is 189 g/mol. The third kappa shape index (κ3) is 0.923. The van der Waals surface area contributed by atoms with Crippen LogP contribution < -0.4 is 5.73 Å². The molecule has 72 valence electrons. The molecule has 0 aromatic heterocycles. The van der Waals surface area contributed by atoms with Gasteiger partial charge >= 0.3 is 0 Å². The lowest BCUT2D eigenvalue weighted by atomic mass is 9.88. The lowest BCUT2D eigenvalue weighted by Crippen LogP contribution is -2.25. The molecule has 0 atom stereocenters. The second-order valence-corrected chi connectivity index (χ2v) is 4.09. The summed E-state index contributed by atoms with van der Waals surface area (Å²) in [6.45, 7) is 3.29. The van der Waals surface area contributed by atoms with Crippen LogP contribution in [0.3, 0.4) is 0 Å². The minimum Gasteiger partial charge on any atom is -0.399 e. The Morgan fingerprint density at radius 2 is 1.64 bits per heavy atom. The van der Waals surface area contributed by atoms with Crippen LogP contribution in [0.5, 0.6) is 0 Å². The molecule has 0 fully saturated rings. The first-order valence-corrected chi connectivity index (χ1v) is 4.43. The van der Waals surface area contributed by atoms with Crippen LogP contribution in [-0.2, 0) is 0 Å². The van der Waals surface area contributed by atoms with Crippen molar-refractivity contribution >= 4 is 17.3 Å². The molecule has 1 aliphatic rings. The highest BCUT2D eigenvalue weighted by Crippen LogP contribution is 2.36. The normalized spacial score (nSPS) is 18.4. The Labute approximate surface area is 81.9 Å². The van der Waals surface area contributed by atoms with Gasteiger partial charge in [-0.05, 0) is 32.0 Å². The SMILES string of the molecule is CC1(C)C(=O)c2ccc(N)cc2C1=O. The van der Waals surface area contributed by atoms with Crippen molar-refractivity contribution in [3.63, 3.8) is 0 Å². The molecule has 1 aliphatic carbocycles. The fourth-order valence-electron chi connectivity index (χ4n) is 1.72. The average molecular weight is 189 g/mol. The van der Waals surface area contributed by atoms with Crippen molar-refractivity contribution in [1.29, 1.82) is 0 Å². The van der Waals surface area contributed by atoms with Gasteiger partial charge in [0.15, 0.2) is 11.6 Å². The van der Waals surface area contributed by atoms with E-state index in [0.717, 1.165) is 0 Å². The highest BCUT2D eigenvalue weighted by molar-refractivity contribution is 6.29. The summed E-state index contributed by atoms with van der Waals surface area (Å²) in [5.74, 6) is -0.248. The van der Waals surface area contributed by atoms with Gasteiger partial charge in [0.05, 0.1) is 5.41 Å². The summed E-state index contributed by atoms with van der Waals surface area (Å²) in [6.07, 6.45) is 0. The molecule has 14 heavy (non-hydrogen) atoms. The number of rotatable bonds is 0. The molecule has 0 radical (unpaired) electrons. The minimum atomic E-state index is -0.921. The molecule has 0 amide bonds. The van der Waals surface area contributed by atoms with Crippen LogP contribution in [0.1, 0.15) is 34.6 Å². The molecule has 0 aliphatic heterocycles. The van der Waals surface area contributed by atoms with E-state index < -0.39 is 5.41 Å². The van der Waals surface area contributed by atoms with Crippen molar-refractivity contribution < 1.29 is 9.59 Å². The van der Waals surface area contributed by atoms with E-state index in [1.807, 2.05) is 0 Å². The van der Waals surface area contributed by atoms with E-state index >= 15 is 0 Å². The zero-order valence-corrected chi connectivity index (χ0v) is 8.13. The van der Waals surface area contributed by atoms with E-state index in [1.165, 1.54) is 0 Å². The Bertz CT molecular complexity index is 447. The largest absolute Gasteiger partial charge is 0.399 e. The predicted octanol–water partition coefficient (Wildman–Crippen LogP) is 1.67. The van der Waals surface area contributed by atoms with Crippen LogP contribution in [0, 0.1) is 5.41 Å². The third-order valence-electron chi connectivity index (χ3n) is 2.67. The van der Waals surface area contributed by atoms with Gasteiger partial charge in [-0.15, -0.1) is 0 Å². The van der Waals surface area contributed by atoms with Gasteiger partial charge in [0.25, 0.3) is 0 Å². The molecule has 0 saturated heterocycles. The third-order valence-corrected chi connectivity index (χ3v) is 2.67. The average Bonchev–Trinajstić information content (AvgIpc) is 2.29. The quantitative estimate of drug-likeness (QED) is 0.499. The summed E-state index contributed by atoms with van der Waals surface area (Å²) in [6, 6.07) is 4.84. The van der Waals surface area contributed by atoms with Gasteiger partial charge < -0.3 is 5.73 Å². The summed E-state index contributed by atoms with van der Waals surface area (Å²) in [5.41, 5.74) is 6.11. The predicted molar refractivity (Wildman–Crippen MR) is 53.3 cm³/mol. The number of nitrogens with two attached hydrogens (primary N) is 1. The zero-order chi connectivity index (χ0) is 10.5.